The van der Waals surface area contributed by atoms with Crippen LogP contribution in [0.25, 0.3) is 0 Å². The largest absolute Gasteiger partial charge is 0.397 e. The molecule has 5 N–H and O–H groups in total. The van der Waals surface area contributed by atoms with E-state index in [0.29, 0.717) is 24.6 Å². The number of benzene rings is 1. The Labute approximate surface area is 203 Å². The molecule has 5 nitrogen and oxygen atoms in total. The lowest BCUT2D eigenvalue weighted by Crippen LogP contribution is -2.24. The third-order valence-corrected chi connectivity index (χ3v) is 6.29. The molecule has 1 aromatic carbocycles. The number of nitrogens with two attached hydrogens (primary N) is 2. The number of nitrogen functional groups attached to an aromatic ring is 2. The van der Waals surface area contributed by atoms with Crippen LogP contribution in [0.2, 0.25) is 0 Å². The van der Waals surface area contributed by atoms with Gasteiger partial charge in [0.25, 0.3) is 0 Å². The van der Waals surface area contributed by atoms with E-state index < -0.39 is 0 Å². The van der Waals surface area contributed by atoms with Crippen LogP contribution in [-0.4, -0.2) is 31.0 Å². The summed E-state index contributed by atoms with van der Waals surface area (Å²) >= 11 is 0. The quantitative estimate of drug-likeness (QED) is 0.120. The molecule has 1 rings (SSSR count). The zero-order valence-corrected chi connectivity index (χ0v) is 21.4. The Bertz CT molecular complexity index is 568. The molecule has 0 aliphatic rings. The Hall–Kier alpha value is -1.30. The average Bonchev–Trinajstić information content (AvgIpc) is 2.82. The summed E-state index contributed by atoms with van der Waals surface area (Å²) in [6.07, 6.45) is 21.6. The molecule has 0 unspecified atom stereocenters. The average molecular weight is 465 g/mol. The number of rotatable bonds is 23. The fourth-order valence-electron chi connectivity index (χ4n) is 4.05. The molecule has 192 valence electrons. The van der Waals surface area contributed by atoms with Gasteiger partial charge in [-0.15, -0.1) is 0 Å². The minimum Gasteiger partial charge on any atom is -0.397 e. The van der Waals surface area contributed by atoms with E-state index in [4.69, 9.17) is 20.9 Å². The molecule has 0 bridgehead atoms. The van der Waals surface area contributed by atoms with Gasteiger partial charge in [0.1, 0.15) is 6.10 Å². The molecule has 1 atom stereocenters. The van der Waals surface area contributed by atoms with E-state index >= 15 is 0 Å². The van der Waals surface area contributed by atoms with Gasteiger partial charge in [-0.1, -0.05) is 109 Å². The van der Waals surface area contributed by atoms with Gasteiger partial charge >= 0.3 is 0 Å². The predicted molar refractivity (Wildman–Crippen MR) is 141 cm³/mol. The first kappa shape index (κ1) is 29.7. The lowest BCUT2D eigenvalue weighted by atomic mass is 10.0. The summed E-state index contributed by atoms with van der Waals surface area (Å²) in [6, 6.07) is 5.47. The number of aliphatic hydroxyl groups excluding tert-OH is 1. The summed E-state index contributed by atoms with van der Waals surface area (Å²) in [6.45, 7) is 3.76. The van der Waals surface area contributed by atoms with Gasteiger partial charge in [0, 0.05) is 6.61 Å². The maximum atomic E-state index is 9.50. The second-order valence-corrected chi connectivity index (χ2v) is 9.46. The Balaban J connectivity index is 1.85. The van der Waals surface area contributed by atoms with Crippen molar-refractivity contribution >= 4 is 11.4 Å². The van der Waals surface area contributed by atoms with Crippen molar-refractivity contribution in [2.45, 2.75) is 122 Å². The first-order valence-corrected chi connectivity index (χ1v) is 13.6. The van der Waals surface area contributed by atoms with E-state index in [1.807, 2.05) is 6.07 Å². The van der Waals surface area contributed by atoms with E-state index in [-0.39, 0.29) is 12.7 Å². The number of hydrogen-bond donors (Lipinski definition) is 3. The van der Waals surface area contributed by atoms with Crippen LogP contribution in [0, 0.1) is 0 Å². The Morgan fingerprint density at radius 1 is 0.727 bits per heavy atom. The highest BCUT2D eigenvalue weighted by atomic mass is 16.5. The van der Waals surface area contributed by atoms with Crippen LogP contribution >= 0.6 is 0 Å². The molecule has 0 saturated carbocycles. The van der Waals surface area contributed by atoms with Crippen LogP contribution in [0.5, 0.6) is 0 Å². The molecule has 1 aromatic rings. The zero-order valence-electron chi connectivity index (χ0n) is 21.4. The molecule has 0 radical (unpaired) electrons. The van der Waals surface area contributed by atoms with E-state index in [2.05, 4.69) is 6.92 Å². The first-order valence-electron chi connectivity index (χ1n) is 13.6. The molecule has 0 amide bonds. The van der Waals surface area contributed by atoms with Crippen molar-refractivity contribution in [3.8, 4) is 0 Å². The van der Waals surface area contributed by atoms with E-state index in [9.17, 15) is 5.11 Å². The molecular formula is C28H52N2O3. The molecule has 5 heteroatoms. The van der Waals surface area contributed by atoms with Crippen molar-refractivity contribution in [2.75, 3.05) is 31.3 Å². The summed E-state index contributed by atoms with van der Waals surface area (Å²) in [5.74, 6) is 0. The Morgan fingerprint density at radius 3 is 1.73 bits per heavy atom. The zero-order chi connectivity index (χ0) is 24.0. The van der Waals surface area contributed by atoms with Gasteiger partial charge in [0.2, 0.25) is 0 Å². The molecular weight excluding hydrogens is 412 g/mol. The predicted octanol–water partition coefficient (Wildman–Crippen LogP) is 7.01. The van der Waals surface area contributed by atoms with Gasteiger partial charge in [-0.25, -0.2) is 0 Å². The number of anilines is 2. The van der Waals surface area contributed by atoms with Crippen molar-refractivity contribution < 1.29 is 14.6 Å². The van der Waals surface area contributed by atoms with Gasteiger partial charge in [-0.2, -0.15) is 0 Å². The summed E-state index contributed by atoms with van der Waals surface area (Å²) in [4.78, 5) is 0. The molecule has 0 spiro atoms. The van der Waals surface area contributed by atoms with Crippen LogP contribution in [0.4, 0.5) is 11.4 Å². The molecule has 0 aromatic heterocycles. The van der Waals surface area contributed by atoms with Gasteiger partial charge in [-0.05, 0) is 24.1 Å². The van der Waals surface area contributed by atoms with Crippen molar-refractivity contribution in [3.05, 3.63) is 23.8 Å². The van der Waals surface area contributed by atoms with Crippen LogP contribution < -0.4 is 11.5 Å². The van der Waals surface area contributed by atoms with Crippen molar-refractivity contribution in [1.29, 1.82) is 0 Å². The maximum Gasteiger partial charge on any atom is 0.104 e. The molecule has 0 heterocycles. The number of ether oxygens (including phenoxy) is 2. The lowest BCUT2D eigenvalue weighted by Gasteiger charge is -2.16. The first-order chi connectivity index (χ1) is 16.2. The standard InChI is InChI=1S/C28H52N2O3/c1-2-3-4-5-6-7-8-9-10-11-12-13-14-15-16-17-20-32-24-26(22-31)33-23-25-18-19-27(29)28(30)21-25/h18-19,21,26,31H,2-17,20,22-24,29-30H2,1H3/t26-/m0/s1. The minimum absolute atomic E-state index is 0.0522. The highest BCUT2D eigenvalue weighted by Gasteiger charge is 2.09. The fraction of sp³-hybridized carbons (Fsp3) is 0.786. The molecule has 0 aliphatic heterocycles. The lowest BCUT2D eigenvalue weighted by molar-refractivity contribution is -0.0502. The number of unbranched alkanes of at least 4 members (excludes halogenated alkanes) is 15. The second-order valence-electron chi connectivity index (χ2n) is 9.46. The minimum atomic E-state index is -0.315. The van der Waals surface area contributed by atoms with Crippen LogP contribution in [0.15, 0.2) is 18.2 Å². The van der Waals surface area contributed by atoms with Crippen LogP contribution in [0.1, 0.15) is 115 Å². The monoisotopic (exact) mass is 464 g/mol. The van der Waals surface area contributed by atoms with E-state index in [0.717, 1.165) is 18.6 Å². The number of aliphatic hydroxyl groups is 1. The van der Waals surface area contributed by atoms with Crippen molar-refractivity contribution in [3.63, 3.8) is 0 Å². The van der Waals surface area contributed by atoms with Gasteiger partial charge < -0.3 is 26.0 Å². The van der Waals surface area contributed by atoms with Gasteiger partial charge in [-0.3, -0.25) is 0 Å². The van der Waals surface area contributed by atoms with Crippen LogP contribution in [0.3, 0.4) is 0 Å². The van der Waals surface area contributed by atoms with E-state index in [1.165, 1.54) is 96.3 Å². The summed E-state index contributed by atoms with van der Waals surface area (Å²) in [5, 5.41) is 9.50. The van der Waals surface area contributed by atoms with Crippen molar-refractivity contribution in [1.82, 2.24) is 0 Å². The Kier molecular flexibility index (Phi) is 19.1. The topological polar surface area (TPSA) is 90.7 Å². The normalized spacial score (nSPS) is 12.3. The maximum absolute atomic E-state index is 9.50. The third kappa shape index (κ3) is 16.9. The molecule has 33 heavy (non-hydrogen) atoms. The van der Waals surface area contributed by atoms with E-state index in [1.54, 1.807) is 12.1 Å². The SMILES string of the molecule is CCCCCCCCCCCCCCCCCCOC[C@H](CO)OCc1ccc(N)c(N)c1. The molecule has 0 fully saturated rings. The molecule has 0 aliphatic carbocycles. The van der Waals surface area contributed by atoms with Gasteiger partial charge in [0.05, 0.1) is 31.2 Å². The summed E-state index contributed by atoms with van der Waals surface area (Å²) < 4.78 is 11.4. The Morgan fingerprint density at radius 2 is 1.24 bits per heavy atom. The third-order valence-electron chi connectivity index (χ3n) is 6.29. The molecule has 0 saturated heterocycles. The summed E-state index contributed by atoms with van der Waals surface area (Å²) in [5.41, 5.74) is 13.6. The highest BCUT2D eigenvalue weighted by Crippen LogP contribution is 2.17. The van der Waals surface area contributed by atoms with Crippen LogP contribution in [-0.2, 0) is 16.1 Å². The number of hydrogen-bond acceptors (Lipinski definition) is 5. The summed E-state index contributed by atoms with van der Waals surface area (Å²) in [7, 11) is 0. The highest BCUT2D eigenvalue weighted by molar-refractivity contribution is 5.63. The van der Waals surface area contributed by atoms with Gasteiger partial charge in [0.15, 0.2) is 0 Å². The second kappa shape index (κ2) is 21.2. The fourth-order valence-corrected chi connectivity index (χ4v) is 4.05. The smallest absolute Gasteiger partial charge is 0.104 e. The van der Waals surface area contributed by atoms with Crippen molar-refractivity contribution in [2.24, 2.45) is 0 Å².